The van der Waals surface area contributed by atoms with Gasteiger partial charge < -0.3 is 19.7 Å². The van der Waals surface area contributed by atoms with Gasteiger partial charge in [0, 0.05) is 25.4 Å². The van der Waals surface area contributed by atoms with Gasteiger partial charge in [0.25, 0.3) is 0 Å². The normalized spacial score (nSPS) is 14.0. The van der Waals surface area contributed by atoms with Crippen molar-refractivity contribution in [1.29, 1.82) is 0 Å². The lowest BCUT2D eigenvalue weighted by molar-refractivity contribution is -0.141. The molecular formula is C33H40N2O4. The lowest BCUT2D eigenvalue weighted by atomic mass is 10.0. The Balaban J connectivity index is 1.61. The molecule has 1 saturated carbocycles. The molecule has 1 fully saturated rings. The van der Waals surface area contributed by atoms with Gasteiger partial charge in [-0.05, 0) is 55.0 Å². The number of nitrogens with one attached hydrogen (secondary N) is 1. The standard InChI is InChI=1S/C33H40N2O4/c1-24-10-9-13-27(20-24)23-35(32(36)19-17-26-16-18-30(38-2)31(22-26)39-3)29(21-25-11-5-4-6-12-25)33(37)34-28-14-7-8-15-28/h4-6,9-13,16,18,20,22,28-29H,7-8,14-15,17,19,21,23H2,1-3H3,(H,34,37)/t29-/m1/s1. The van der Waals surface area contributed by atoms with E-state index >= 15 is 0 Å². The quantitative estimate of drug-likeness (QED) is 0.330. The first-order valence-electron chi connectivity index (χ1n) is 13.9. The predicted octanol–water partition coefficient (Wildman–Crippen LogP) is 5.64. The van der Waals surface area contributed by atoms with E-state index in [0.717, 1.165) is 47.9 Å². The van der Waals surface area contributed by atoms with Crippen molar-refractivity contribution in [3.63, 3.8) is 0 Å². The van der Waals surface area contributed by atoms with Crippen LogP contribution in [-0.4, -0.2) is 43.0 Å². The number of hydrogen-bond donors (Lipinski definition) is 1. The number of ether oxygens (including phenoxy) is 2. The first kappa shape index (κ1) is 28.2. The summed E-state index contributed by atoms with van der Waals surface area (Å²) in [7, 11) is 3.21. The fraction of sp³-hybridized carbons (Fsp3) is 0.394. The van der Waals surface area contributed by atoms with E-state index in [4.69, 9.17) is 9.47 Å². The van der Waals surface area contributed by atoms with Crippen molar-refractivity contribution in [3.8, 4) is 11.5 Å². The average Bonchev–Trinajstić information content (AvgIpc) is 3.47. The van der Waals surface area contributed by atoms with Gasteiger partial charge in [0.1, 0.15) is 6.04 Å². The highest BCUT2D eigenvalue weighted by Crippen LogP contribution is 2.28. The van der Waals surface area contributed by atoms with Crippen LogP contribution in [0, 0.1) is 6.92 Å². The lowest BCUT2D eigenvalue weighted by Gasteiger charge is -2.32. The van der Waals surface area contributed by atoms with Crippen LogP contribution in [0.25, 0.3) is 0 Å². The van der Waals surface area contributed by atoms with Crippen molar-refractivity contribution in [2.24, 2.45) is 0 Å². The Labute approximate surface area is 232 Å². The zero-order chi connectivity index (χ0) is 27.6. The second kappa shape index (κ2) is 13.8. The molecule has 0 spiro atoms. The summed E-state index contributed by atoms with van der Waals surface area (Å²) in [5.74, 6) is 1.17. The molecule has 0 aromatic heterocycles. The maximum atomic E-state index is 13.9. The van der Waals surface area contributed by atoms with Crippen LogP contribution < -0.4 is 14.8 Å². The Kier molecular flexibility index (Phi) is 10.0. The van der Waals surface area contributed by atoms with E-state index in [0.29, 0.717) is 30.9 Å². The fourth-order valence-electron chi connectivity index (χ4n) is 5.36. The van der Waals surface area contributed by atoms with E-state index in [-0.39, 0.29) is 24.3 Å². The van der Waals surface area contributed by atoms with E-state index in [1.54, 1.807) is 19.1 Å². The predicted molar refractivity (Wildman–Crippen MR) is 154 cm³/mol. The zero-order valence-electron chi connectivity index (χ0n) is 23.3. The molecule has 0 bridgehead atoms. The molecule has 2 amide bonds. The highest BCUT2D eigenvalue weighted by atomic mass is 16.5. The monoisotopic (exact) mass is 528 g/mol. The van der Waals surface area contributed by atoms with Crippen molar-refractivity contribution in [1.82, 2.24) is 10.2 Å². The molecule has 6 nitrogen and oxygen atoms in total. The van der Waals surface area contributed by atoms with Gasteiger partial charge in [-0.3, -0.25) is 9.59 Å². The van der Waals surface area contributed by atoms with Gasteiger partial charge in [-0.15, -0.1) is 0 Å². The van der Waals surface area contributed by atoms with E-state index in [1.165, 1.54) is 0 Å². The van der Waals surface area contributed by atoms with E-state index in [9.17, 15) is 9.59 Å². The molecule has 1 aliphatic rings. The maximum Gasteiger partial charge on any atom is 0.243 e. The summed E-state index contributed by atoms with van der Waals surface area (Å²) in [4.78, 5) is 29.5. The summed E-state index contributed by atoms with van der Waals surface area (Å²) in [5.41, 5.74) is 4.15. The van der Waals surface area contributed by atoms with Crippen LogP contribution in [0.5, 0.6) is 11.5 Å². The highest BCUT2D eigenvalue weighted by molar-refractivity contribution is 5.88. The molecule has 3 aromatic rings. The molecule has 0 heterocycles. The molecule has 6 heteroatoms. The van der Waals surface area contributed by atoms with Crippen LogP contribution in [0.3, 0.4) is 0 Å². The van der Waals surface area contributed by atoms with Gasteiger partial charge in [0.2, 0.25) is 11.8 Å². The number of nitrogens with zero attached hydrogens (tertiary/aromatic N) is 1. The molecule has 1 atom stereocenters. The van der Waals surface area contributed by atoms with Crippen molar-refractivity contribution in [2.75, 3.05) is 14.2 Å². The van der Waals surface area contributed by atoms with Crippen LogP contribution in [0.4, 0.5) is 0 Å². The van der Waals surface area contributed by atoms with E-state index in [2.05, 4.69) is 11.4 Å². The number of hydrogen-bond acceptors (Lipinski definition) is 4. The van der Waals surface area contributed by atoms with Crippen LogP contribution in [-0.2, 0) is 29.0 Å². The first-order chi connectivity index (χ1) is 19.0. The van der Waals surface area contributed by atoms with Gasteiger partial charge >= 0.3 is 0 Å². The van der Waals surface area contributed by atoms with Gasteiger partial charge in [0.05, 0.1) is 14.2 Å². The summed E-state index contributed by atoms with van der Waals surface area (Å²) in [6.45, 7) is 2.42. The number of carbonyl (C=O) groups is 2. The summed E-state index contributed by atoms with van der Waals surface area (Å²) in [6.07, 6.45) is 5.53. The smallest absolute Gasteiger partial charge is 0.243 e. The van der Waals surface area contributed by atoms with Gasteiger partial charge in [0.15, 0.2) is 11.5 Å². The SMILES string of the molecule is COc1ccc(CCC(=O)N(Cc2cccc(C)c2)[C@H](Cc2ccccc2)C(=O)NC2CCCC2)cc1OC. The molecule has 0 unspecified atom stereocenters. The van der Waals surface area contributed by atoms with Crippen LogP contribution >= 0.6 is 0 Å². The Hall–Kier alpha value is -3.80. The molecule has 3 aromatic carbocycles. The fourth-order valence-corrected chi connectivity index (χ4v) is 5.36. The molecule has 206 valence electrons. The molecule has 4 rings (SSSR count). The average molecular weight is 529 g/mol. The van der Waals surface area contributed by atoms with Crippen molar-refractivity contribution in [2.45, 2.75) is 70.5 Å². The number of benzene rings is 3. The van der Waals surface area contributed by atoms with Crippen molar-refractivity contribution >= 4 is 11.8 Å². The molecular weight excluding hydrogens is 488 g/mol. The Morgan fingerprint density at radius 3 is 2.28 bits per heavy atom. The minimum atomic E-state index is -0.605. The van der Waals surface area contributed by atoms with E-state index < -0.39 is 6.04 Å². The molecule has 0 saturated heterocycles. The Bertz CT molecular complexity index is 1240. The van der Waals surface area contributed by atoms with Gasteiger partial charge in [-0.25, -0.2) is 0 Å². The van der Waals surface area contributed by atoms with Crippen molar-refractivity contribution in [3.05, 3.63) is 95.1 Å². The second-order valence-electron chi connectivity index (χ2n) is 10.4. The molecule has 0 radical (unpaired) electrons. The number of aryl methyl sites for hydroxylation is 2. The third kappa shape index (κ3) is 7.85. The number of methoxy groups -OCH3 is 2. The van der Waals surface area contributed by atoms with Crippen LogP contribution in [0.1, 0.15) is 54.4 Å². The van der Waals surface area contributed by atoms with Crippen LogP contribution in [0.2, 0.25) is 0 Å². The van der Waals surface area contributed by atoms with Crippen LogP contribution in [0.15, 0.2) is 72.8 Å². The summed E-state index contributed by atoms with van der Waals surface area (Å²) in [6, 6.07) is 23.4. The highest BCUT2D eigenvalue weighted by Gasteiger charge is 2.32. The molecule has 39 heavy (non-hydrogen) atoms. The summed E-state index contributed by atoms with van der Waals surface area (Å²) >= 11 is 0. The number of rotatable bonds is 12. The van der Waals surface area contributed by atoms with Crippen molar-refractivity contribution < 1.29 is 19.1 Å². The summed E-state index contributed by atoms with van der Waals surface area (Å²) < 4.78 is 10.8. The summed E-state index contributed by atoms with van der Waals surface area (Å²) in [5, 5.41) is 3.27. The largest absolute Gasteiger partial charge is 0.493 e. The van der Waals surface area contributed by atoms with Gasteiger partial charge in [-0.2, -0.15) is 0 Å². The zero-order valence-corrected chi connectivity index (χ0v) is 23.3. The molecule has 1 aliphatic carbocycles. The molecule has 0 aliphatic heterocycles. The minimum absolute atomic E-state index is 0.0474. The Morgan fingerprint density at radius 1 is 0.872 bits per heavy atom. The first-order valence-corrected chi connectivity index (χ1v) is 13.9. The topological polar surface area (TPSA) is 67.9 Å². The maximum absolute atomic E-state index is 13.9. The third-order valence-electron chi connectivity index (χ3n) is 7.48. The van der Waals surface area contributed by atoms with Gasteiger partial charge in [-0.1, -0.05) is 79.1 Å². The minimum Gasteiger partial charge on any atom is -0.493 e. The lowest BCUT2D eigenvalue weighted by Crippen LogP contribution is -2.52. The Morgan fingerprint density at radius 2 is 1.59 bits per heavy atom. The second-order valence-corrected chi connectivity index (χ2v) is 10.4. The third-order valence-corrected chi connectivity index (χ3v) is 7.48. The number of amides is 2. The molecule has 1 N–H and O–H groups in total. The number of carbonyl (C=O) groups excluding carboxylic acids is 2. The van der Waals surface area contributed by atoms with E-state index in [1.807, 2.05) is 73.7 Å².